The summed E-state index contributed by atoms with van der Waals surface area (Å²) in [5.41, 5.74) is 14.3. The molecule has 4 N–H and O–H groups in total. The summed E-state index contributed by atoms with van der Waals surface area (Å²) in [7, 11) is 1.96. The van der Waals surface area contributed by atoms with Crippen molar-refractivity contribution in [1.29, 1.82) is 0 Å². The van der Waals surface area contributed by atoms with Crippen molar-refractivity contribution in [2.45, 2.75) is 6.54 Å². The highest BCUT2D eigenvalue weighted by atomic mass is 16.1. The fraction of sp³-hybridized carbons (Fsp3) is 0.133. The van der Waals surface area contributed by atoms with Gasteiger partial charge in [-0.2, -0.15) is 0 Å². The van der Waals surface area contributed by atoms with Gasteiger partial charge in [0.05, 0.1) is 0 Å². The van der Waals surface area contributed by atoms with Crippen molar-refractivity contribution in [2.24, 2.45) is 5.73 Å². The molecule has 19 heavy (non-hydrogen) atoms. The predicted molar refractivity (Wildman–Crippen MR) is 77.9 cm³/mol. The van der Waals surface area contributed by atoms with E-state index < -0.39 is 5.91 Å². The van der Waals surface area contributed by atoms with Gasteiger partial charge >= 0.3 is 0 Å². The minimum Gasteiger partial charge on any atom is -0.399 e. The summed E-state index contributed by atoms with van der Waals surface area (Å²) in [5.74, 6) is -0.402. The number of benzene rings is 2. The first-order valence-electron chi connectivity index (χ1n) is 6.02. The van der Waals surface area contributed by atoms with Gasteiger partial charge in [0.15, 0.2) is 0 Å². The van der Waals surface area contributed by atoms with E-state index in [9.17, 15) is 4.79 Å². The molecule has 2 rings (SSSR count). The normalized spacial score (nSPS) is 10.2. The standard InChI is InChI=1S/C15H17N3O/c1-18(13-8-6-12(16)7-9-13)10-11-4-2-3-5-14(11)15(17)19/h2-9H,10,16H2,1H3,(H2,17,19). The molecule has 0 aromatic heterocycles. The van der Waals surface area contributed by atoms with Crippen LogP contribution in [0.25, 0.3) is 0 Å². The number of nitrogens with two attached hydrogens (primary N) is 2. The molecule has 0 saturated heterocycles. The van der Waals surface area contributed by atoms with Crippen LogP contribution in [0.5, 0.6) is 0 Å². The van der Waals surface area contributed by atoms with E-state index >= 15 is 0 Å². The predicted octanol–water partition coefficient (Wildman–Crippen LogP) is 2.00. The maximum Gasteiger partial charge on any atom is 0.249 e. The zero-order chi connectivity index (χ0) is 13.8. The van der Waals surface area contributed by atoms with Crippen LogP contribution in [-0.2, 0) is 6.54 Å². The lowest BCUT2D eigenvalue weighted by molar-refractivity contribution is 0.0999. The summed E-state index contributed by atoms with van der Waals surface area (Å²) < 4.78 is 0. The quantitative estimate of drug-likeness (QED) is 0.821. The molecule has 2 aromatic carbocycles. The van der Waals surface area contributed by atoms with Gasteiger partial charge in [-0.3, -0.25) is 4.79 Å². The van der Waals surface area contributed by atoms with Gasteiger partial charge in [-0.05, 0) is 35.9 Å². The number of hydrogen-bond donors (Lipinski definition) is 2. The van der Waals surface area contributed by atoms with Gasteiger partial charge in [0.25, 0.3) is 0 Å². The van der Waals surface area contributed by atoms with Crippen LogP contribution in [0, 0.1) is 0 Å². The third-order valence-corrected chi connectivity index (χ3v) is 3.02. The van der Waals surface area contributed by atoms with Crippen molar-refractivity contribution in [1.82, 2.24) is 0 Å². The van der Waals surface area contributed by atoms with E-state index in [1.807, 2.05) is 54.4 Å². The highest BCUT2D eigenvalue weighted by molar-refractivity contribution is 5.94. The highest BCUT2D eigenvalue weighted by Crippen LogP contribution is 2.18. The Labute approximate surface area is 112 Å². The van der Waals surface area contributed by atoms with Crippen LogP contribution < -0.4 is 16.4 Å². The summed E-state index contributed by atoms with van der Waals surface area (Å²) in [6.45, 7) is 0.614. The van der Waals surface area contributed by atoms with E-state index in [4.69, 9.17) is 11.5 Å². The molecule has 4 nitrogen and oxygen atoms in total. The van der Waals surface area contributed by atoms with Crippen molar-refractivity contribution in [3.05, 3.63) is 59.7 Å². The Morgan fingerprint density at radius 3 is 2.37 bits per heavy atom. The second-order valence-electron chi connectivity index (χ2n) is 4.47. The lowest BCUT2D eigenvalue weighted by Crippen LogP contribution is -2.20. The Morgan fingerprint density at radius 1 is 1.11 bits per heavy atom. The van der Waals surface area contributed by atoms with E-state index in [0.717, 1.165) is 16.9 Å². The lowest BCUT2D eigenvalue weighted by Gasteiger charge is -2.20. The van der Waals surface area contributed by atoms with E-state index in [2.05, 4.69) is 0 Å². The minimum absolute atomic E-state index is 0.402. The highest BCUT2D eigenvalue weighted by Gasteiger charge is 2.09. The van der Waals surface area contributed by atoms with Crippen LogP contribution in [0.3, 0.4) is 0 Å². The number of anilines is 2. The molecule has 1 amide bonds. The summed E-state index contributed by atoms with van der Waals surface area (Å²) in [6.07, 6.45) is 0. The van der Waals surface area contributed by atoms with Crippen molar-refractivity contribution < 1.29 is 4.79 Å². The number of nitrogens with zero attached hydrogens (tertiary/aromatic N) is 1. The molecule has 0 radical (unpaired) electrons. The van der Waals surface area contributed by atoms with Crippen LogP contribution in [-0.4, -0.2) is 13.0 Å². The average molecular weight is 255 g/mol. The van der Waals surface area contributed by atoms with Gasteiger partial charge < -0.3 is 16.4 Å². The molecule has 0 unspecified atom stereocenters. The van der Waals surface area contributed by atoms with Crippen LogP contribution >= 0.6 is 0 Å². The molecule has 0 bridgehead atoms. The molecule has 0 aliphatic rings. The summed E-state index contributed by atoms with van der Waals surface area (Å²) in [6, 6.07) is 15.0. The number of amides is 1. The number of carbonyl (C=O) groups excluding carboxylic acids is 1. The average Bonchev–Trinajstić information content (AvgIpc) is 2.39. The van der Waals surface area contributed by atoms with Crippen LogP contribution in [0.1, 0.15) is 15.9 Å². The maximum atomic E-state index is 11.4. The third-order valence-electron chi connectivity index (χ3n) is 3.02. The molecular weight excluding hydrogens is 238 g/mol. The second-order valence-corrected chi connectivity index (χ2v) is 4.47. The molecule has 0 aliphatic heterocycles. The van der Waals surface area contributed by atoms with Crippen molar-refractivity contribution in [3.63, 3.8) is 0 Å². The van der Waals surface area contributed by atoms with Crippen molar-refractivity contribution in [3.8, 4) is 0 Å². The van der Waals surface area contributed by atoms with E-state index in [1.54, 1.807) is 6.07 Å². The molecule has 0 aliphatic carbocycles. The maximum absolute atomic E-state index is 11.4. The Balaban J connectivity index is 2.21. The zero-order valence-electron chi connectivity index (χ0n) is 10.8. The summed E-state index contributed by atoms with van der Waals surface area (Å²) in [4.78, 5) is 13.4. The topological polar surface area (TPSA) is 72.3 Å². The Hall–Kier alpha value is -2.49. The fourth-order valence-corrected chi connectivity index (χ4v) is 1.97. The number of primary amides is 1. The summed E-state index contributed by atoms with van der Waals surface area (Å²) in [5, 5.41) is 0. The van der Waals surface area contributed by atoms with Gasteiger partial charge in [0.1, 0.15) is 0 Å². The van der Waals surface area contributed by atoms with E-state index in [-0.39, 0.29) is 0 Å². The van der Waals surface area contributed by atoms with E-state index in [0.29, 0.717) is 12.1 Å². The monoisotopic (exact) mass is 255 g/mol. The molecule has 0 saturated carbocycles. The lowest BCUT2D eigenvalue weighted by atomic mass is 10.1. The Bertz CT molecular complexity index is 578. The first kappa shape index (κ1) is 13.0. The zero-order valence-corrected chi connectivity index (χ0v) is 10.8. The van der Waals surface area contributed by atoms with Crippen LogP contribution in [0.4, 0.5) is 11.4 Å². The van der Waals surface area contributed by atoms with Crippen LogP contribution in [0.15, 0.2) is 48.5 Å². The number of rotatable bonds is 4. The molecule has 4 heteroatoms. The molecule has 0 spiro atoms. The van der Waals surface area contributed by atoms with Crippen LogP contribution in [0.2, 0.25) is 0 Å². The van der Waals surface area contributed by atoms with E-state index in [1.165, 1.54) is 0 Å². The first-order valence-corrected chi connectivity index (χ1v) is 6.02. The number of hydrogen-bond acceptors (Lipinski definition) is 3. The van der Waals surface area contributed by atoms with Gasteiger partial charge in [0.2, 0.25) is 5.91 Å². The largest absolute Gasteiger partial charge is 0.399 e. The molecule has 0 fully saturated rings. The molecular formula is C15H17N3O. The van der Waals surface area contributed by atoms with Gasteiger partial charge in [-0.15, -0.1) is 0 Å². The molecule has 0 atom stereocenters. The smallest absolute Gasteiger partial charge is 0.249 e. The van der Waals surface area contributed by atoms with Gasteiger partial charge in [0, 0.05) is 30.5 Å². The molecule has 0 heterocycles. The minimum atomic E-state index is -0.402. The van der Waals surface area contributed by atoms with Crippen molar-refractivity contribution in [2.75, 3.05) is 17.7 Å². The number of carbonyl (C=O) groups is 1. The first-order chi connectivity index (χ1) is 9.08. The van der Waals surface area contributed by atoms with Crippen molar-refractivity contribution >= 4 is 17.3 Å². The number of nitrogen functional groups attached to an aromatic ring is 1. The SMILES string of the molecule is CN(Cc1ccccc1C(N)=O)c1ccc(N)cc1. The Kier molecular flexibility index (Phi) is 3.71. The Morgan fingerprint density at radius 2 is 1.74 bits per heavy atom. The summed E-state index contributed by atoms with van der Waals surface area (Å²) >= 11 is 0. The van der Waals surface area contributed by atoms with Gasteiger partial charge in [-0.1, -0.05) is 18.2 Å². The second kappa shape index (κ2) is 5.44. The molecule has 98 valence electrons. The van der Waals surface area contributed by atoms with Gasteiger partial charge in [-0.25, -0.2) is 0 Å². The molecule has 2 aromatic rings. The third kappa shape index (κ3) is 3.04. The fourth-order valence-electron chi connectivity index (χ4n) is 1.97.